The number of nitrogens with one attached hydrogen (secondary N) is 2. The molecule has 0 fully saturated rings. The third-order valence-electron chi connectivity index (χ3n) is 2.12. The van der Waals surface area contributed by atoms with E-state index in [0.717, 1.165) is 0 Å². The maximum absolute atomic E-state index is 11.5. The van der Waals surface area contributed by atoms with E-state index in [0.29, 0.717) is 0 Å². The number of carboxylic acid groups (broad SMARTS) is 3. The Morgan fingerprint density at radius 1 is 1.20 bits per heavy atom. The molecule has 5 N–H and O–H groups in total. The first-order chi connectivity index (χ1) is 9.12. The summed E-state index contributed by atoms with van der Waals surface area (Å²) in [7, 11) is 0. The number of halogens is 1. The number of amides is 2. The highest BCUT2D eigenvalue weighted by Crippen LogP contribution is 2.17. The second-order valence-electron chi connectivity index (χ2n) is 3.69. The molecule has 2 amide bonds. The first kappa shape index (κ1) is 18.8. The summed E-state index contributed by atoms with van der Waals surface area (Å²) in [5.41, 5.74) is 0. The maximum Gasteiger partial charge on any atom is 0.340 e. The fourth-order valence-electron chi connectivity index (χ4n) is 1.06. The summed E-state index contributed by atoms with van der Waals surface area (Å²) in [4.78, 5) is 43.7. The van der Waals surface area contributed by atoms with E-state index in [-0.39, 0.29) is 12.2 Å². The number of carboxylic acids is 3. The Kier molecular flexibility index (Phi) is 7.63. The third kappa shape index (κ3) is 6.27. The molecule has 20 heavy (non-hydrogen) atoms. The van der Waals surface area contributed by atoms with Gasteiger partial charge in [0.1, 0.15) is 6.04 Å². The van der Waals surface area contributed by atoms with Crippen molar-refractivity contribution in [3.8, 4) is 0 Å². The van der Waals surface area contributed by atoms with Gasteiger partial charge in [-0.25, -0.2) is 14.4 Å². The van der Waals surface area contributed by atoms with E-state index in [4.69, 9.17) is 15.3 Å². The van der Waals surface area contributed by atoms with Crippen molar-refractivity contribution in [2.24, 2.45) is 0 Å². The molecule has 0 spiro atoms. The molecule has 0 saturated heterocycles. The summed E-state index contributed by atoms with van der Waals surface area (Å²) in [5, 5.41) is 30.3. The van der Waals surface area contributed by atoms with Crippen molar-refractivity contribution in [3.63, 3.8) is 0 Å². The van der Waals surface area contributed by atoms with E-state index in [1.54, 1.807) is 0 Å². The molecular weight excluding hydrogens is 407 g/mol. The highest BCUT2D eigenvalue weighted by Gasteiger charge is 2.36. The lowest BCUT2D eigenvalue weighted by molar-refractivity contribution is -0.140. The van der Waals surface area contributed by atoms with Gasteiger partial charge >= 0.3 is 23.9 Å². The number of carbonyl (C=O) groups excluding carboxylic acids is 1. The summed E-state index contributed by atoms with van der Waals surface area (Å²) in [5.74, 6) is -4.19. The SMILES string of the molecule is O=C(O)CC[C@H](NC(=O)NC(I)(CS)C(=O)O)C(=O)O. The number of hydrogen-bond donors (Lipinski definition) is 6. The van der Waals surface area contributed by atoms with Gasteiger partial charge in [0.2, 0.25) is 0 Å². The van der Waals surface area contributed by atoms with Crippen molar-refractivity contribution < 1.29 is 34.5 Å². The largest absolute Gasteiger partial charge is 0.481 e. The summed E-state index contributed by atoms with van der Waals surface area (Å²) in [6.45, 7) is 0. The first-order valence-electron chi connectivity index (χ1n) is 5.19. The Hall–Kier alpha value is -1.24. The summed E-state index contributed by atoms with van der Waals surface area (Å²) < 4.78 is -1.69. The molecule has 1 unspecified atom stereocenters. The Labute approximate surface area is 132 Å². The highest BCUT2D eigenvalue weighted by molar-refractivity contribution is 14.1. The van der Waals surface area contributed by atoms with Crippen molar-refractivity contribution in [2.45, 2.75) is 22.4 Å². The number of rotatable bonds is 8. The lowest BCUT2D eigenvalue weighted by Crippen LogP contribution is -2.56. The molecule has 0 aromatic rings. The summed E-state index contributed by atoms with van der Waals surface area (Å²) in [6.07, 6.45) is -0.765. The molecule has 0 aromatic heterocycles. The molecule has 11 heteroatoms. The zero-order chi connectivity index (χ0) is 15.9. The molecular formula is C9H13IN2O7S. The van der Waals surface area contributed by atoms with E-state index in [1.807, 2.05) is 5.32 Å². The summed E-state index contributed by atoms with van der Waals surface area (Å²) in [6, 6.07) is -2.46. The molecule has 0 aliphatic rings. The van der Waals surface area contributed by atoms with Gasteiger partial charge in [-0.1, -0.05) is 0 Å². The van der Waals surface area contributed by atoms with Crippen LogP contribution in [0.3, 0.4) is 0 Å². The Bertz CT molecular complexity index is 419. The summed E-state index contributed by atoms with van der Waals surface area (Å²) >= 11 is 5.24. The van der Waals surface area contributed by atoms with Gasteiger partial charge in [-0.05, 0) is 29.0 Å². The Morgan fingerprint density at radius 2 is 1.75 bits per heavy atom. The monoisotopic (exact) mass is 420 g/mol. The van der Waals surface area contributed by atoms with E-state index < -0.39 is 39.9 Å². The molecule has 0 saturated carbocycles. The number of carbonyl (C=O) groups is 4. The van der Waals surface area contributed by atoms with Crippen LogP contribution in [0.25, 0.3) is 0 Å². The lowest BCUT2D eigenvalue weighted by atomic mass is 10.1. The normalized spacial score (nSPS) is 14.7. The molecule has 114 valence electrons. The Balaban J connectivity index is 4.65. The zero-order valence-electron chi connectivity index (χ0n) is 10.00. The second kappa shape index (κ2) is 8.14. The lowest BCUT2D eigenvalue weighted by Gasteiger charge is -2.23. The third-order valence-corrected chi connectivity index (χ3v) is 4.31. The van der Waals surface area contributed by atoms with Crippen molar-refractivity contribution >= 4 is 59.2 Å². The second-order valence-corrected chi connectivity index (χ2v) is 5.84. The molecule has 2 atom stereocenters. The van der Waals surface area contributed by atoms with Crippen molar-refractivity contribution in [3.05, 3.63) is 0 Å². The zero-order valence-corrected chi connectivity index (χ0v) is 13.1. The van der Waals surface area contributed by atoms with Gasteiger partial charge < -0.3 is 26.0 Å². The molecule has 0 heterocycles. The van der Waals surface area contributed by atoms with Crippen LogP contribution in [-0.2, 0) is 14.4 Å². The molecule has 0 radical (unpaired) electrons. The van der Waals surface area contributed by atoms with E-state index >= 15 is 0 Å². The topological polar surface area (TPSA) is 153 Å². The minimum atomic E-state index is -1.69. The predicted molar refractivity (Wildman–Crippen MR) is 78.2 cm³/mol. The molecule has 9 nitrogen and oxygen atoms in total. The maximum atomic E-state index is 11.5. The minimum absolute atomic E-state index is 0.219. The number of urea groups is 1. The van der Waals surface area contributed by atoms with Crippen molar-refractivity contribution in [1.82, 2.24) is 10.6 Å². The first-order valence-corrected chi connectivity index (χ1v) is 6.90. The number of hydrogen-bond acceptors (Lipinski definition) is 5. The van der Waals surface area contributed by atoms with Crippen molar-refractivity contribution in [2.75, 3.05) is 5.75 Å². The number of aliphatic carboxylic acids is 3. The van der Waals surface area contributed by atoms with Crippen LogP contribution in [0.1, 0.15) is 12.8 Å². The van der Waals surface area contributed by atoms with Gasteiger partial charge in [-0.3, -0.25) is 4.79 Å². The molecule has 0 bridgehead atoms. The molecule has 0 rings (SSSR count). The van der Waals surface area contributed by atoms with E-state index in [1.165, 1.54) is 22.6 Å². The van der Waals surface area contributed by atoms with Gasteiger partial charge in [-0.15, -0.1) is 0 Å². The van der Waals surface area contributed by atoms with Crippen LogP contribution in [-0.4, -0.2) is 54.6 Å². The fourth-order valence-corrected chi connectivity index (χ4v) is 1.52. The van der Waals surface area contributed by atoms with Crippen LogP contribution in [0, 0.1) is 0 Å². The smallest absolute Gasteiger partial charge is 0.340 e. The fraction of sp³-hybridized carbons (Fsp3) is 0.556. The quantitative estimate of drug-likeness (QED) is 0.137. The highest BCUT2D eigenvalue weighted by atomic mass is 127. The molecule has 0 aliphatic carbocycles. The standard InChI is InChI=1S/C9H13IN2O7S/c10-9(3-20,7(17)18)12-8(19)11-4(6(15)16)1-2-5(13)14/h4,20H,1-3H2,(H,13,14)(H,15,16)(H,17,18)(H2,11,12,19)/t4-,9?/m0/s1. The van der Waals surface area contributed by atoms with Crippen LogP contribution in [0.5, 0.6) is 0 Å². The van der Waals surface area contributed by atoms with Gasteiger partial charge in [0, 0.05) is 12.2 Å². The number of alkyl halides is 1. The van der Waals surface area contributed by atoms with Crippen LogP contribution < -0.4 is 10.6 Å². The van der Waals surface area contributed by atoms with Gasteiger partial charge in [-0.2, -0.15) is 12.6 Å². The van der Waals surface area contributed by atoms with Crippen LogP contribution >= 0.6 is 35.2 Å². The minimum Gasteiger partial charge on any atom is -0.481 e. The van der Waals surface area contributed by atoms with Gasteiger partial charge in [0.25, 0.3) is 0 Å². The van der Waals surface area contributed by atoms with Crippen LogP contribution in [0.15, 0.2) is 0 Å². The average molecular weight is 420 g/mol. The van der Waals surface area contributed by atoms with Crippen molar-refractivity contribution in [1.29, 1.82) is 0 Å². The van der Waals surface area contributed by atoms with Gasteiger partial charge in [0.05, 0.1) is 0 Å². The predicted octanol–water partition coefficient (Wildman–Crippen LogP) is -0.251. The van der Waals surface area contributed by atoms with Gasteiger partial charge in [0.15, 0.2) is 3.55 Å². The van der Waals surface area contributed by atoms with E-state index in [9.17, 15) is 19.2 Å². The Morgan fingerprint density at radius 3 is 2.10 bits per heavy atom. The van der Waals surface area contributed by atoms with Crippen LogP contribution in [0.4, 0.5) is 4.79 Å². The average Bonchev–Trinajstić information content (AvgIpc) is 2.33. The van der Waals surface area contributed by atoms with E-state index in [2.05, 4.69) is 17.9 Å². The number of thiol groups is 1. The molecule has 0 aromatic carbocycles. The molecule has 0 aliphatic heterocycles. The van der Waals surface area contributed by atoms with Crippen LogP contribution in [0.2, 0.25) is 0 Å².